The Kier molecular flexibility index (Phi) is 7.68. The fraction of sp³-hybridized carbons (Fsp3) is 0.115. The van der Waals surface area contributed by atoms with Gasteiger partial charge in [0.05, 0.1) is 6.33 Å². The lowest BCUT2D eigenvalue weighted by Crippen LogP contribution is -2.31. The zero-order chi connectivity index (χ0) is 26.7. The van der Waals surface area contributed by atoms with E-state index < -0.39 is 23.6 Å². The molecule has 11 heteroatoms. The molecule has 1 atom stereocenters. The highest BCUT2D eigenvalue weighted by atomic mass is 35.5. The predicted octanol–water partition coefficient (Wildman–Crippen LogP) is 6.35. The number of alkyl halides is 3. The molecule has 0 radical (unpaired) electrons. The maximum absolute atomic E-state index is 13.6. The smallest absolute Gasteiger partial charge is 0.384 e. The molecule has 0 aliphatic rings. The largest absolute Gasteiger partial charge is 0.493 e. The van der Waals surface area contributed by atoms with Crippen molar-refractivity contribution in [2.45, 2.75) is 12.4 Å². The number of aryl methyl sites for hydroxylation is 1. The third-order valence-corrected chi connectivity index (χ3v) is 5.89. The van der Waals surface area contributed by atoms with Gasteiger partial charge in [-0.2, -0.15) is 0 Å². The summed E-state index contributed by atoms with van der Waals surface area (Å²) < 4.78 is 42.3. The Labute approximate surface area is 219 Å². The van der Waals surface area contributed by atoms with Gasteiger partial charge < -0.3 is 9.67 Å². The number of pyridine rings is 2. The number of benzene rings is 2. The van der Waals surface area contributed by atoms with Gasteiger partial charge in [0.1, 0.15) is 6.10 Å². The Morgan fingerprint density at radius 2 is 1.70 bits per heavy atom. The molecular weight excluding hydrogens is 528 g/mol. The van der Waals surface area contributed by atoms with Crippen LogP contribution in [0.5, 0.6) is 0 Å². The molecule has 0 spiro atoms. The summed E-state index contributed by atoms with van der Waals surface area (Å²) in [6, 6.07) is 15.1. The summed E-state index contributed by atoms with van der Waals surface area (Å²) in [7, 11) is 1.94. The van der Waals surface area contributed by atoms with Crippen LogP contribution in [-0.2, 0) is 13.3 Å². The zero-order valence-corrected chi connectivity index (χ0v) is 20.7. The summed E-state index contributed by atoms with van der Waals surface area (Å²) in [5.74, 6) is 0. The van der Waals surface area contributed by atoms with Crippen molar-refractivity contribution in [3.05, 3.63) is 117 Å². The molecule has 5 aromatic rings. The maximum Gasteiger partial charge on any atom is 0.493 e. The maximum atomic E-state index is 13.6. The lowest BCUT2D eigenvalue weighted by Gasteiger charge is -2.17. The molecule has 3 aromatic heterocycles. The summed E-state index contributed by atoms with van der Waals surface area (Å²) in [6.07, 6.45) is 0.379. The Bertz CT molecular complexity index is 1590. The van der Waals surface area contributed by atoms with E-state index in [0.29, 0.717) is 21.2 Å². The normalized spacial score (nSPS) is 12.2. The van der Waals surface area contributed by atoms with Crippen LogP contribution in [0.3, 0.4) is 0 Å². The van der Waals surface area contributed by atoms with Gasteiger partial charge in [-0.05, 0) is 47.0 Å². The van der Waals surface area contributed by atoms with E-state index in [1.165, 1.54) is 12.1 Å². The summed E-state index contributed by atoms with van der Waals surface area (Å²) >= 11 is 11.9. The second-order valence-corrected chi connectivity index (χ2v) is 8.90. The van der Waals surface area contributed by atoms with Gasteiger partial charge in [0.15, 0.2) is 5.65 Å². The van der Waals surface area contributed by atoms with E-state index in [1.807, 2.05) is 17.8 Å². The van der Waals surface area contributed by atoms with Crippen molar-refractivity contribution < 1.29 is 18.3 Å². The first-order chi connectivity index (χ1) is 17.5. The number of imidazole rings is 1. The van der Waals surface area contributed by atoms with Crippen LogP contribution in [0.4, 0.5) is 13.2 Å². The molecule has 1 unspecified atom stereocenters. The number of aliphatic hydroxyl groups is 1. The molecule has 0 fully saturated rings. The van der Waals surface area contributed by atoms with Crippen LogP contribution in [0.2, 0.25) is 10.0 Å². The van der Waals surface area contributed by atoms with E-state index >= 15 is 0 Å². The van der Waals surface area contributed by atoms with E-state index in [9.17, 15) is 23.1 Å². The van der Waals surface area contributed by atoms with Crippen LogP contribution in [0.1, 0.15) is 17.2 Å². The average molecular weight is 547 g/mol. The van der Waals surface area contributed by atoms with Gasteiger partial charge in [-0.1, -0.05) is 47.5 Å². The first kappa shape index (κ1) is 26.4. The fourth-order valence-corrected chi connectivity index (χ4v) is 3.99. The van der Waals surface area contributed by atoms with Crippen molar-refractivity contribution in [2.24, 2.45) is 7.05 Å². The molecule has 5 rings (SSSR count). The van der Waals surface area contributed by atoms with Crippen molar-refractivity contribution in [2.75, 3.05) is 0 Å². The Balaban J connectivity index is 0.000000469. The minimum atomic E-state index is -4.97. The van der Waals surface area contributed by atoms with E-state index in [-0.39, 0.29) is 21.1 Å². The molecule has 6 nitrogen and oxygen atoms in total. The second kappa shape index (κ2) is 10.8. The lowest BCUT2D eigenvalue weighted by atomic mass is 9.98. The molecule has 0 amide bonds. The summed E-state index contributed by atoms with van der Waals surface area (Å²) in [6.45, 7) is 0. The van der Waals surface area contributed by atoms with Crippen LogP contribution in [0.15, 0.2) is 90.4 Å². The number of hydrogen-bond acceptors (Lipinski definition) is 4. The van der Waals surface area contributed by atoms with E-state index in [0.717, 1.165) is 12.3 Å². The summed E-state index contributed by atoms with van der Waals surface area (Å²) in [5, 5.41) is 11.6. The lowest BCUT2D eigenvalue weighted by molar-refractivity contribution is -0.203. The average Bonchev–Trinajstić information content (AvgIpc) is 3.33. The van der Waals surface area contributed by atoms with Gasteiger partial charge in [-0.25, -0.2) is 14.5 Å². The molecule has 0 bridgehead atoms. The van der Waals surface area contributed by atoms with Crippen molar-refractivity contribution >= 4 is 34.2 Å². The molecule has 190 valence electrons. The van der Waals surface area contributed by atoms with Gasteiger partial charge in [-0.15, -0.1) is 13.2 Å². The molecule has 0 aliphatic heterocycles. The van der Waals surface area contributed by atoms with Crippen LogP contribution >= 0.6 is 23.2 Å². The number of aliphatic hydroxyl groups excluding tert-OH is 1. The highest BCUT2D eigenvalue weighted by Crippen LogP contribution is 2.34. The second-order valence-electron chi connectivity index (χ2n) is 8.03. The van der Waals surface area contributed by atoms with Crippen LogP contribution in [0.25, 0.3) is 22.2 Å². The molecule has 3 heterocycles. The van der Waals surface area contributed by atoms with Gasteiger partial charge in [-0.3, -0.25) is 4.79 Å². The molecule has 0 aliphatic carbocycles. The number of halogens is 5. The van der Waals surface area contributed by atoms with Gasteiger partial charge >= 0.3 is 6.30 Å². The molecule has 0 saturated heterocycles. The van der Waals surface area contributed by atoms with E-state index in [1.54, 1.807) is 55.0 Å². The van der Waals surface area contributed by atoms with Crippen molar-refractivity contribution in [3.63, 3.8) is 0 Å². The van der Waals surface area contributed by atoms with Crippen LogP contribution in [-0.4, -0.2) is 24.2 Å². The van der Waals surface area contributed by atoms with Gasteiger partial charge in [0, 0.05) is 52.7 Å². The van der Waals surface area contributed by atoms with E-state index in [2.05, 4.69) is 9.97 Å². The molecule has 2 aromatic carbocycles. The quantitative estimate of drug-likeness (QED) is 0.286. The monoisotopic (exact) mass is 546 g/mol. The molecule has 1 N–H and O–H groups in total. The molecule has 0 saturated carbocycles. The van der Waals surface area contributed by atoms with Crippen LogP contribution < -0.4 is 5.56 Å². The molecule has 37 heavy (non-hydrogen) atoms. The Hall–Kier alpha value is -3.66. The molecular formula is C26H19Cl2F3N4O2. The van der Waals surface area contributed by atoms with Gasteiger partial charge in [0.2, 0.25) is 0 Å². The number of aromatic nitrogens is 4. The van der Waals surface area contributed by atoms with Crippen molar-refractivity contribution in [1.29, 1.82) is 0 Å². The Morgan fingerprint density at radius 1 is 0.973 bits per heavy atom. The minimum Gasteiger partial charge on any atom is -0.384 e. The number of nitrogens with zero attached hydrogens (tertiary/aromatic N) is 4. The third kappa shape index (κ3) is 6.02. The topological polar surface area (TPSA) is 72.9 Å². The van der Waals surface area contributed by atoms with Gasteiger partial charge in [0.25, 0.3) is 5.56 Å². The van der Waals surface area contributed by atoms with Crippen molar-refractivity contribution in [1.82, 2.24) is 19.1 Å². The number of rotatable bonds is 3. The Morgan fingerprint density at radius 3 is 2.27 bits per heavy atom. The minimum absolute atomic E-state index is 0.0460. The summed E-state index contributed by atoms with van der Waals surface area (Å²) in [5.41, 5.74) is -0.426. The number of fused-ring (bicyclic) bond motifs is 1. The highest BCUT2D eigenvalue weighted by Gasteiger charge is 2.35. The fourth-order valence-electron chi connectivity index (χ4n) is 3.67. The third-order valence-electron chi connectivity index (χ3n) is 5.41. The zero-order valence-electron chi connectivity index (χ0n) is 19.2. The van der Waals surface area contributed by atoms with Crippen molar-refractivity contribution in [3.8, 4) is 11.1 Å². The first-order valence-electron chi connectivity index (χ1n) is 10.8. The highest BCUT2D eigenvalue weighted by molar-refractivity contribution is 6.31. The van der Waals surface area contributed by atoms with Crippen LogP contribution in [0, 0.1) is 0 Å². The van der Waals surface area contributed by atoms with E-state index in [4.69, 9.17) is 23.2 Å². The first-order valence-corrected chi connectivity index (χ1v) is 11.5. The predicted molar refractivity (Wildman–Crippen MR) is 136 cm³/mol. The SMILES string of the molecule is Cn1ccnc1.O=c1cc(-c2cccc(Cl)c2)c2cc(C(O)c3ccc(Cl)cc3)cnc2n1C(F)(F)F. The number of hydrogen-bond donors (Lipinski definition) is 1. The summed E-state index contributed by atoms with van der Waals surface area (Å²) in [4.78, 5) is 20.0. The standard InChI is InChI=1S/C22H13Cl2F3N2O2.C4H6N2/c23-15-6-4-12(5-7-15)20(31)14-9-18-17(13-2-1-3-16(24)8-13)10-19(30)29(22(25,26)27)21(18)28-11-14;1-6-3-2-5-4-6/h1-11,20,31H;2-4H,1H3.